The Morgan fingerprint density at radius 3 is 2.64 bits per heavy atom. The number of hydrogen-bond acceptors (Lipinski definition) is 2. The van der Waals surface area contributed by atoms with Gasteiger partial charge in [0.25, 0.3) is 0 Å². The van der Waals surface area contributed by atoms with Crippen LogP contribution in [0.5, 0.6) is 0 Å². The second-order valence-corrected chi connectivity index (χ2v) is 3.08. The third-order valence-corrected chi connectivity index (χ3v) is 2.40. The minimum Gasteiger partial charge on any atom is -0.313 e. The first kappa shape index (κ1) is 6.80. The lowest BCUT2D eigenvalue weighted by Gasteiger charge is -2.35. The topological polar surface area (TPSA) is 24.9 Å². The molecule has 1 saturated heterocycles. The molecule has 2 atom stereocenters. The van der Waals surface area contributed by atoms with Crippen molar-refractivity contribution < 1.29 is 0 Å². The smallest absolute Gasteiger partial charge is 0.0270 e. The number of nitrogens with zero attached hydrogens (tertiary/aromatic N) is 1. The van der Waals surface area contributed by atoms with Crippen molar-refractivity contribution in [3.63, 3.8) is 0 Å². The van der Waals surface area contributed by atoms with Crippen LogP contribution >= 0.6 is 0 Å². The van der Waals surface area contributed by atoms with Gasteiger partial charge >= 0.3 is 0 Å². The lowest BCUT2D eigenvalue weighted by atomic mass is 9.87. The molecule has 1 N–H and O–H groups in total. The number of rotatable bonds is 1. The van der Waals surface area contributed by atoms with E-state index in [1.807, 2.05) is 12.4 Å². The summed E-state index contributed by atoms with van der Waals surface area (Å²) >= 11 is 0. The zero-order valence-electron chi connectivity index (χ0n) is 6.62. The highest BCUT2D eigenvalue weighted by Crippen LogP contribution is 2.24. The molecule has 2 nitrogen and oxygen atoms in total. The van der Waals surface area contributed by atoms with Gasteiger partial charge in [0.2, 0.25) is 0 Å². The fourth-order valence-electron chi connectivity index (χ4n) is 1.49. The van der Waals surface area contributed by atoms with E-state index in [4.69, 9.17) is 0 Å². The SMILES string of the molecule is CC1NCC1c1ccncc1. The third kappa shape index (κ3) is 1.14. The summed E-state index contributed by atoms with van der Waals surface area (Å²) < 4.78 is 0. The molecule has 0 bridgehead atoms. The quantitative estimate of drug-likeness (QED) is 0.646. The van der Waals surface area contributed by atoms with E-state index in [0.717, 1.165) is 6.54 Å². The van der Waals surface area contributed by atoms with Crippen LogP contribution in [0.15, 0.2) is 24.5 Å². The van der Waals surface area contributed by atoms with E-state index in [2.05, 4.69) is 29.4 Å². The van der Waals surface area contributed by atoms with Crippen molar-refractivity contribution in [1.29, 1.82) is 0 Å². The van der Waals surface area contributed by atoms with E-state index in [1.165, 1.54) is 5.56 Å². The summed E-state index contributed by atoms with van der Waals surface area (Å²) in [6, 6.07) is 4.83. The van der Waals surface area contributed by atoms with Crippen molar-refractivity contribution in [1.82, 2.24) is 10.3 Å². The third-order valence-electron chi connectivity index (χ3n) is 2.40. The van der Waals surface area contributed by atoms with Crippen molar-refractivity contribution in [2.24, 2.45) is 0 Å². The maximum absolute atomic E-state index is 3.99. The van der Waals surface area contributed by atoms with Gasteiger partial charge in [0.15, 0.2) is 0 Å². The molecule has 58 valence electrons. The van der Waals surface area contributed by atoms with Crippen LogP contribution in [0.3, 0.4) is 0 Å². The Kier molecular flexibility index (Phi) is 1.62. The van der Waals surface area contributed by atoms with E-state index in [1.54, 1.807) is 0 Å². The van der Waals surface area contributed by atoms with Gasteiger partial charge in [0.05, 0.1) is 0 Å². The van der Waals surface area contributed by atoms with Gasteiger partial charge in [-0.15, -0.1) is 0 Å². The normalized spacial score (nSPS) is 29.5. The van der Waals surface area contributed by atoms with Gasteiger partial charge < -0.3 is 5.32 Å². The Labute approximate surface area is 66.7 Å². The molecular formula is C9H12N2. The van der Waals surface area contributed by atoms with Crippen molar-refractivity contribution in [2.45, 2.75) is 18.9 Å². The molecule has 2 heteroatoms. The predicted molar refractivity (Wildman–Crippen MR) is 44.4 cm³/mol. The summed E-state index contributed by atoms with van der Waals surface area (Å²) in [7, 11) is 0. The molecule has 1 fully saturated rings. The number of aromatic nitrogens is 1. The second-order valence-electron chi connectivity index (χ2n) is 3.08. The Hall–Kier alpha value is -0.890. The van der Waals surface area contributed by atoms with Crippen LogP contribution in [0.4, 0.5) is 0 Å². The molecule has 1 aliphatic rings. The highest BCUT2D eigenvalue weighted by atomic mass is 15.0. The van der Waals surface area contributed by atoms with Crippen molar-refractivity contribution in [3.05, 3.63) is 30.1 Å². The molecule has 2 rings (SSSR count). The molecule has 0 aromatic carbocycles. The maximum atomic E-state index is 3.99. The minimum absolute atomic E-state index is 0.636. The van der Waals surface area contributed by atoms with Crippen LogP contribution < -0.4 is 5.32 Å². The summed E-state index contributed by atoms with van der Waals surface area (Å²) in [4.78, 5) is 3.99. The molecule has 0 radical (unpaired) electrons. The van der Waals surface area contributed by atoms with Crippen molar-refractivity contribution >= 4 is 0 Å². The van der Waals surface area contributed by atoms with Crippen LogP contribution in [-0.2, 0) is 0 Å². The van der Waals surface area contributed by atoms with Gasteiger partial charge in [-0.2, -0.15) is 0 Å². The minimum atomic E-state index is 0.636. The molecule has 1 aliphatic heterocycles. The lowest BCUT2D eigenvalue weighted by Crippen LogP contribution is -2.48. The summed E-state index contributed by atoms with van der Waals surface area (Å²) in [5.74, 6) is 0.706. The van der Waals surface area contributed by atoms with E-state index < -0.39 is 0 Å². The summed E-state index contributed by atoms with van der Waals surface area (Å²) in [5, 5.41) is 3.34. The lowest BCUT2D eigenvalue weighted by molar-refractivity contribution is 0.334. The molecular weight excluding hydrogens is 136 g/mol. The van der Waals surface area contributed by atoms with Gasteiger partial charge in [-0.05, 0) is 24.6 Å². The molecule has 0 aliphatic carbocycles. The highest BCUT2D eigenvalue weighted by molar-refractivity contribution is 5.21. The summed E-state index contributed by atoms with van der Waals surface area (Å²) in [6.45, 7) is 3.33. The largest absolute Gasteiger partial charge is 0.313 e. The Morgan fingerprint density at radius 2 is 2.18 bits per heavy atom. The maximum Gasteiger partial charge on any atom is 0.0270 e. The standard InChI is InChI=1S/C9H12N2/c1-7-9(6-11-7)8-2-4-10-5-3-8/h2-5,7,9,11H,6H2,1H3. The molecule has 1 aromatic rings. The Bertz CT molecular complexity index is 233. The zero-order valence-corrected chi connectivity index (χ0v) is 6.62. The van der Waals surface area contributed by atoms with E-state index in [-0.39, 0.29) is 0 Å². The number of nitrogens with one attached hydrogen (secondary N) is 1. The molecule has 0 amide bonds. The van der Waals surface area contributed by atoms with Crippen LogP contribution in [-0.4, -0.2) is 17.6 Å². The van der Waals surface area contributed by atoms with Crippen LogP contribution in [0.25, 0.3) is 0 Å². The molecule has 0 saturated carbocycles. The average molecular weight is 148 g/mol. The molecule has 1 aromatic heterocycles. The van der Waals surface area contributed by atoms with Crippen molar-refractivity contribution in [2.75, 3.05) is 6.54 Å². The molecule has 11 heavy (non-hydrogen) atoms. The highest BCUT2D eigenvalue weighted by Gasteiger charge is 2.26. The van der Waals surface area contributed by atoms with Gasteiger partial charge in [-0.25, -0.2) is 0 Å². The van der Waals surface area contributed by atoms with E-state index in [0.29, 0.717) is 12.0 Å². The van der Waals surface area contributed by atoms with Gasteiger partial charge in [0, 0.05) is 30.9 Å². The van der Waals surface area contributed by atoms with Gasteiger partial charge in [0.1, 0.15) is 0 Å². The van der Waals surface area contributed by atoms with Crippen LogP contribution in [0.1, 0.15) is 18.4 Å². The predicted octanol–water partition coefficient (Wildman–Crippen LogP) is 1.16. The average Bonchev–Trinajstić information content (AvgIpc) is 2.04. The van der Waals surface area contributed by atoms with Crippen LogP contribution in [0, 0.1) is 0 Å². The number of pyridine rings is 1. The fraction of sp³-hybridized carbons (Fsp3) is 0.444. The molecule has 2 unspecified atom stereocenters. The van der Waals surface area contributed by atoms with Gasteiger partial charge in [-0.3, -0.25) is 4.98 Å². The molecule has 0 spiro atoms. The zero-order chi connectivity index (χ0) is 7.68. The fourth-order valence-corrected chi connectivity index (χ4v) is 1.49. The Morgan fingerprint density at radius 1 is 1.45 bits per heavy atom. The summed E-state index contributed by atoms with van der Waals surface area (Å²) in [6.07, 6.45) is 3.72. The number of hydrogen-bond donors (Lipinski definition) is 1. The van der Waals surface area contributed by atoms with E-state index >= 15 is 0 Å². The molecule has 2 heterocycles. The second kappa shape index (κ2) is 2.62. The van der Waals surface area contributed by atoms with E-state index in [9.17, 15) is 0 Å². The van der Waals surface area contributed by atoms with Crippen LogP contribution in [0.2, 0.25) is 0 Å². The Balaban J connectivity index is 2.17. The van der Waals surface area contributed by atoms with Gasteiger partial charge in [-0.1, -0.05) is 0 Å². The summed E-state index contributed by atoms with van der Waals surface area (Å²) in [5.41, 5.74) is 1.41. The first-order chi connectivity index (χ1) is 5.38. The monoisotopic (exact) mass is 148 g/mol. The van der Waals surface area contributed by atoms with Crippen molar-refractivity contribution in [3.8, 4) is 0 Å². The first-order valence-corrected chi connectivity index (χ1v) is 4.01. The first-order valence-electron chi connectivity index (χ1n) is 4.01.